The Morgan fingerprint density at radius 1 is 1.00 bits per heavy atom. The summed E-state index contributed by atoms with van der Waals surface area (Å²) in [5, 5.41) is 2.86. The first kappa shape index (κ1) is 11.9. The molecule has 1 heterocycles. The van der Waals surface area contributed by atoms with Crippen LogP contribution in [0, 0.1) is 5.92 Å². The third-order valence-corrected chi connectivity index (χ3v) is 5.13. The van der Waals surface area contributed by atoms with Gasteiger partial charge in [0, 0.05) is 14.6 Å². The quantitative estimate of drug-likeness (QED) is 0.626. The van der Waals surface area contributed by atoms with Crippen LogP contribution < -0.4 is 9.75 Å². The van der Waals surface area contributed by atoms with E-state index in [0.29, 0.717) is 5.92 Å². The molecule has 0 N–H and O–H groups in total. The van der Waals surface area contributed by atoms with E-state index in [1.807, 2.05) is 11.3 Å². The number of thiophene rings is 1. The van der Waals surface area contributed by atoms with E-state index in [2.05, 4.69) is 67.6 Å². The van der Waals surface area contributed by atoms with Gasteiger partial charge in [-0.1, -0.05) is 61.5 Å². The number of fused-ring (bicyclic) bond motifs is 3. The molecule has 98 valence electrons. The molecule has 1 unspecified atom stereocenters. The molecule has 0 nitrogen and oxygen atoms in total. The van der Waals surface area contributed by atoms with Crippen molar-refractivity contribution in [2.45, 2.75) is 13.3 Å². The van der Waals surface area contributed by atoms with Crippen LogP contribution in [-0.4, -0.2) is 0 Å². The highest BCUT2D eigenvalue weighted by molar-refractivity contribution is 7.17. The third-order valence-electron chi connectivity index (χ3n) is 3.99. The normalized spacial score (nSPS) is 17.4. The van der Waals surface area contributed by atoms with Gasteiger partial charge in [-0.2, -0.15) is 0 Å². The number of hydrogen-bond acceptors (Lipinski definition) is 1. The van der Waals surface area contributed by atoms with E-state index >= 15 is 0 Å². The van der Waals surface area contributed by atoms with Gasteiger partial charge >= 0.3 is 0 Å². The van der Waals surface area contributed by atoms with Crippen molar-refractivity contribution >= 4 is 33.6 Å². The number of benzene rings is 2. The Labute approximate surface area is 122 Å². The SMILES string of the molecule is CC1C=c2sc3cc(-c4ccccc4)ccc3c2=CC1. The largest absolute Gasteiger partial charge is 0.136 e. The van der Waals surface area contributed by atoms with Gasteiger partial charge in [0.2, 0.25) is 0 Å². The molecular formula is C19H16S. The predicted octanol–water partition coefficient (Wildman–Crippen LogP) is 4.17. The van der Waals surface area contributed by atoms with Gasteiger partial charge in [0.05, 0.1) is 0 Å². The molecule has 20 heavy (non-hydrogen) atoms. The van der Waals surface area contributed by atoms with Crippen molar-refractivity contribution in [1.82, 2.24) is 0 Å². The fraction of sp³-hybridized carbons (Fsp3) is 0.158. The molecule has 0 aliphatic heterocycles. The fourth-order valence-corrected chi connectivity index (χ4v) is 4.22. The maximum absolute atomic E-state index is 2.42. The first-order valence-electron chi connectivity index (χ1n) is 7.11. The lowest BCUT2D eigenvalue weighted by Crippen LogP contribution is -2.23. The lowest BCUT2D eigenvalue weighted by Gasteiger charge is -2.04. The van der Waals surface area contributed by atoms with Crippen molar-refractivity contribution in [2.75, 3.05) is 0 Å². The summed E-state index contributed by atoms with van der Waals surface area (Å²) in [4.78, 5) is 0. The highest BCUT2D eigenvalue weighted by Gasteiger charge is 2.08. The molecule has 1 aliphatic carbocycles. The first-order valence-corrected chi connectivity index (χ1v) is 7.93. The van der Waals surface area contributed by atoms with Crippen molar-refractivity contribution < 1.29 is 0 Å². The van der Waals surface area contributed by atoms with Gasteiger partial charge in [0.25, 0.3) is 0 Å². The van der Waals surface area contributed by atoms with E-state index in [4.69, 9.17) is 0 Å². The molecule has 1 atom stereocenters. The van der Waals surface area contributed by atoms with E-state index in [-0.39, 0.29) is 0 Å². The molecule has 1 heteroatoms. The van der Waals surface area contributed by atoms with Gasteiger partial charge in [-0.15, -0.1) is 11.3 Å². The van der Waals surface area contributed by atoms with Gasteiger partial charge in [-0.3, -0.25) is 0 Å². The van der Waals surface area contributed by atoms with Crippen LogP contribution in [0.3, 0.4) is 0 Å². The monoisotopic (exact) mass is 276 g/mol. The van der Waals surface area contributed by atoms with Crippen molar-refractivity contribution in [3.63, 3.8) is 0 Å². The van der Waals surface area contributed by atoms with E-state index in [0.717, 1.165) is 0 Å². The summed E-state index contributed by atoms with van der Waals surface area (Å²) in [6, 6.07) is 17.5. The van der Waals surface area contributed by atoms with Crippen molar-refractivity contribution in [3.05, 3.63) is 58.3 Å². The number of hydrogen-bond donors (Lipinski definition) is 0. The zero-order chi connectivity index (χ0) is 13.5. The molecule has 1 aromatic heterocycles. The Bertz CT molecular complexity index is 885. The minimum atomic E-state index is 0.671. The predicted molar refractivity (Wildman–Crippen MR) is 89.2 cm³/mol. The van der Waals surface area contributed by atoms with Crippen LogP contribution in [-0.2, 0) is 0 Å². The van der Waals surface area contributed by atoms with Gasteiger partial charge in [0.15, 0.2) is 0 Å². The average Bonchev–Trinajstić information content (AvgIpc) is 2.84. The topological polar surface area (TPSA) is 0 Å². The molecule has 0 radical (unpaired) electrons. The second kappa shape index (κ2) is 4.60. The zero-order valence-electron chi connectivity index (χ0n) is 11.5. The fourth-order valence-electron chi connectivity index (χ4n) is 2.91. The van der Waals surface area contributed by atoms with Crippen molar-refractivity contribution in [2.24, 2.45) is 5.92 Å². The Morgan fingerprint density at radius 2 is 1.85 bits per heavy atom. The Kier molecular flexibility index (Phi) is 2.75. The lowest BCUT2D eigenvalue weighted by molar-refractivity contribution is 0.804. The van der Waals surface area contributed by atoms with Crippen LogP contribution in [0.2, 0.25) is 0 Å². The highest BCUT2D eigenvalue weighted by Crippen LogP contribution is 2.25. The zero-order valence-corrected chi connectivity index (χ0v) is 12.3. The Hall–Kier alpha value is -1.86. The summed E-state index contributed by atoms with van der Waals surface area (Å²) in [5.41, 5.74) is 2.60. The smallest absolute Gasteiger partial charge is 0.0361 e. The van der Waals surface area contributed by atoms with Gasteiger partial charge < -0.3 is 0 Å². The molecule has 1 aliphatic rings. The van der Waals surface area contributed by atoms with Crippen LogP contribution in [0.1, 0.15) is 13.3 Å². The summed E-state index contributed by atoms with van der Waals surface area (Å²) in [6.45, 7) is 2.29. The summed E-state index contributed by atoms with van der Waals surface area (Å²) < 4.78 is 2.85. The van der Waals surface area contributed by atoms with E-state index < -0.39 is 0 Å². The second-order valence-electron chi connectivity index (χ2n) is 5.54. The van der Waals surface area contributed by atoms with E-state index in [1.54, 1.807) is 0 Å². The van der Waals surface area contributed by atoms with E-state index in [1.165, 1.54) is 37.4 Å². The molecule has 2 aromatic carbocycles. The van der Waals surface area contributed by atoms with Crippen LogP contribution in [0.25, 0.3) is 33.4 Å². The van der Waals surface area contributed by atoms with Gasteiger partial charge in [-0.05, 0) is 34.8 Å². The van der Waals surface area contributed by atoms with Gasteiger partial charge in [0.1, 0.15) is 0 Å². The van der Waals surface area contributed by atoms with Crippen molar-refractivity contribution in [1.29, 1.82) is 0 Å². The Balaban J connectivity index is 1.97. The van der Waals surface area contributed by atoms with Crippen LogP contribution in [0.5, 0.6) is 0 Å². The van der Waals surface area contributed by atoms with Crippen LogP contribution >= 0.6 is 11.3 Å². The summed E-state index contributed by atoms with van der Waals surface area (Å²) in [7, 11) is 0. The average molecular weight is 276 g/mol. The standard InChI is InChI=1S/C19H16S/c1-13-7-9-16-17-10-8-15(14-5-3-2-4-6-14)12-19(17)20-18(16)11-13/h2-6,8-13H,7H2,1H3. The maximum atomic E-state index is 2.42. The minimum absolute atomic E-state index is 0.671. The molecular weight excluding hydrogens is 260 g/mol. The van der Waals surface area contributed by atoms with E-state index in [9.17, 15) is 0 Å². The summed E-state index contributed by atoms with van der Waals surface area (Å²) in [6.07, 6.45) is 5.99. The molecule has 0 saturated carbocycles. The number of rotatable bonds is 1. The summed E-state index contributed by atoms with van der Waals surface area (Å²) in [5.74, 6) is 0.671. The highest BCUT2D eigenvalue weighted by atomic mass is 32.1. The molecule has 0 fully saturated rings. The molecule has 0 saturated heterocycles. The van der Waals surface area contributed by atoms with Crippen molar-refractivity contribution in [3.8, 4) is 11.1 Å². The lowest BCUT2D eigenvalue weighted by atomic mass is 10.0. The Morgan fingerprint density at radius 3 is 2.70 bits per heavy atom. The maximum Gasteiger partial charge on any atom is 0.0361 e. The van der Waals surface area contributed by atoms with Crippen LogP contribution in [0.4, 0.5) is 0 Å². The van der Waals surface area contributed by atoms with Gasteiger partial charge in [-0.25, -0.2) is 0 Å². The third kappa shape index (κ3) is 1.90. The second-order valence-corrected chi connectivity index (χ2v) is 6.62. The van der Waals surface area contributed by atoms with Crippen LogP contribution in [0.15, 0.2) is 48.5 Å². The molecule has 0 spiro atoms. The molecule has 0 amide bonds. The molecule has 4 rings (SSSR count). The molecule has 0 bridgehead atoms. The first-order chi connectivity index (χ1) is 9.81. The summed E-state index contributed by atoms with van der Waals surface area (Å²) >= 11 is 1.93. The molecule has 3 aromatic rings. The minimum Gasteiger partial charge on any atom is -0.136 e.